The maximum Gasteiger partial charge on any atom is 0.222 e. The van der Waals surface area contributed by atoms with E-state index in [0.29, 0.717) is 13.1 Å². The van der Waals surface area contributed by atoms with E-state index in [1.165, 1.54) is 0 Å². The normalized spacial score (nSPS) is 10.9. The molecule has 0 saturated heterocycles. The van der Waals surface area contributed by atoms with Crippen molar-refractivity contribution in [3.8, 4) is 22.8 Å². The van der Waals surface area contributed by atoms with E-state index in [4.69, 9.17) is 19.6 Å². The Hall–Kier alpha value is -3.87. The van der Waals surface area contributed by atoms with Gasteiger partial charge in [0.25, 0.3) is 0 Å². The lowest BCUT2D eigenvalue weighted by Gasteiger charge is -2.10. The Balaban J connectivity index is 1.58. The van der Waals surface area contributed by atoms with E-state index in [9.17, 15) is 4.79 Å². The van der Waals surface area contributed by atoms with Gasteiger partial charge >= 0.3 is 0 Å². The number of carbonyl (C=O) groups excluding carboxylic acids is 1. The minimum atomic E-state index is -0.0622. The number of nitrogens with one attached hydrogen (secondary N) is 1. The molecule has 1 N–H and O–H groups in total. The molecule has 0 saturated carbocycles. The average Bonchev–Trinajstić information content (AvgIpc) is 3.20. The minimum Gasteiger partial charge on any atom is -0.496 e. The molecule has 170 valence electrons. The lowest BCUT2D eigenvalue weighted by atomic mass is 10.0. The second kappa shape index (κ2) is 9.73. The Morgan fingerprint density at radius 1 is 1.00 bits per heavy atom. The highest BCUT2D eigenvalue weighted by atomic mass is 16.5. The topological polar surface area (TPSA) is 78.3 Å². The summed E-state index contributed by atoms with van der Waals surface area (Å²) in [5, 5.41) is 8.80. The maximum atomic E-state index is 12.6. The van der Waals surface area contributed by atoms with E-state index >= 15 is 0 Å². The Morgan fingerprint density at radius 2 is 1.70 bits per heavy atom. The van der Waals surface area contributed by atoms with Crippen molar-refractivity contribution in [3.63, 3.8) is 0 Å². The van der Waals surface area contributed by atoms with Gasteiger partial charge in [0.2, 0.25) is 5.91 Å². The van der Waals surface area contributed by atoms with Gasteiger partial charge in [-0.3, -0.25) is 4.79 Å². The molecule has 0 spiro atoms. The second-order valence-electron chi connectivity index (χ2n) is 7.89. The number of benzene rings is 2. The number of ether oxygens (including phenoxy) is 2. The largest absolute Gasteiger partial charge is 0.496 e. The second-order valence-corrected chi connectivity index (χ2v) is 7.89. The van der Waals surface area contributed by atoms with Gasteiger partial charge in [-0.15, -0.1) is 0 Å². The first kappa shape index (κ1) is 22.3. The molecule has 0 radical (unpaired) electrons. The summed E-state index contributed by atoms with van der Waals surface area (Å²) in [6.45, 7) is 4.85. The van der Waals surface area contributed by atoms with Crippen molar-refractivity contribution < 1.29 is 14.3 Å². The third-order valence-electron chi connectivity index (χ3n) is 5.61. The number of aromatic nitrogens is 3. The van der Waals surface area contributed by atoms with Gasteiger partial charge in [-0.2, -0.15) is 5.10 Å². The fraction of sp³-hybridized carbons (Fsp3) is 0.269. The highest BCUT2D eigenvalue weighted by Gasteiger charge is 2.19. The van der Waals surface area contributed by atoms with E-state index in [1.807, 2.05) is 66.2 Å². The summed E-state index contributed by atoms with van der Waals surface area (Å²) < 4.78 is 12.7. The summed E-state index contributed by atoms with van der Waals surface area (Å²) in [7, 11) is 3.28. The van der Waals surface area contributed by atoms with Gasteiger partial charge in [-0.05, 0) is 43.7 Å². The first-order valence-electron chi connectivity index (χ1n) is 10.9. The summed E-state index contributed by atoms with van der Waals surface area (Å²) in [6, 6.07) is 17.5. The third-order valence-corrected chi connectivity index (χ3v) is 5.61. The van der Waals surface area contributed by atoms with E-state index in [0.717, 1.165) is 50.6 Å². The molecule has 0 fully saturated rings. The number of hydrogen-bond donors (Lipinski definition) is 1. The number of carbonyl (C=O) groups is 1. The molecular weight excluding hydrogens is 416 g/mol. The Labute approximate surface area is 193 Å². The van der Waals surface area contributed by atoms with Crippen LogP contribution in [-0.2, 0) is 17.9 Å². The van der Waals surface area contributed by atoms with Crippen molar-refractivity contribution >= 4 is 16.9 Å². The molecule has 33 heavy (non-hydrogen) atoms. The van der Waals surface area contributed by atoms with Gasteiger partial charge in [0.15, 0.2) is 5.65 Å². The zero-order valence-corrected chi connectivity index (χ0v) is 19.4. The quantitative estimate of drug-likeness (QED) is 0.435. The fourth-order valence-corrected chi connectivity index (χ4v) is 4.04. The van der Waals surface area contributed by atoms with Crippen LogP contribution in [0.5, 0.6) is 11.5 Å². The lowest BCUT2D eigenvalue weighted by molar-refractivity contribution is -0.121. The molecule has 0 aliphatic rings. The molecule has 7 nitrogen and oxygen atoms in total. The number of amides is 1. The van der Waals surface area contributed by atoms with Crippen LogP contribution in [0.1, 0.15) is 23.2 Å². The monoisotopic (exact) mass is 444 g/mol. The number of aryl methyl sites for hydroxylation is 3. The zero-order valence-electron chi connectivity index (χ0n) is 19.4. The molecule has 2 heterocycles. The van der Waals surface area contributed by atoms with Crippen LogP contribution in [0, 0.1) is 13.8 Å². The molecule has 0 aliphatic heterocycles. The van der Waals surface area contributed by atoms with Crippen molar-refractivity contribution in [2.24, 2.45) is 0 Å². The smallest absolute Gasteiger partial charge is 0.222 e. The molecule has 0 aliphatic carbocycles. The zero-order chi connectivity index (χ0) is 23.4. The van der Waals surface area contributed by atoms with Crippen LogP contribution in [0.25, 0.3) is 22.3 Å². The fourth-order valence-electron chi connectivity index (χ4n) is 4.04. The number of fused-ring (bicyclic) bond motifs is 1. The van der Waals surface area contributed by atoms with Gasteiger partial charge < -0.3 is 14.8 Å². The molecule has 2 aromatic carbocycles. The van der Waals surface area contributed by atoms with Crippen LogP contribution < -0.4 is 14.8 Å². The highest BCUT2D eigenvalue weighted by Crippen LogP contribution is 2.35. The summed E-state index contributed by atoms with van der Waals surface area (Å²) in [5.41, 5.74) is 5.41. The standard InChI is InChI=1S/C26H28N4O3/c1-17-15-18(2)28-26-24(17)25(20-10-6-8-12-22(20)33-4)29-30(26)14-13-23(31)27-16-19-9-5-7-11-21(19)32-3/h5-12,15H,13-14,16H2,1-4H3,(H,27,31). The first-order valence-corrected chi connectivity index (χ1v) is 10.9. The van der Waals surface area contributed by atoms with Crippen molar-refractivity contribution in [2.75, 3.05) is 14.2 Å². The molecule has 0 atom stereocenters. The van der Waals surface area contributed by atoms with E-state index in [2.05, 4.69) is 12.2 Å². The molecule has 2 aromatic heterocycles. The predicted molar refractivity (Wildman–Crippen MR) is 128 cm³/mol. The molecule has 1 amide bonds. The van der Waals surface area contributed by atoms with Gasteiger partial charge in [-0.25, -0.2) is 9.67 Å². The van der Waals surface area contributed by atoms with Crippen LogP contribution in [0.2, 0.25) is 0 Å². The van der Waals surface area contributed by atoms with Crippen molar-refractivity contribution in [3.05, 3.63) is 71.4 Å². The summed E-state index contributed by atoms with van der Waals surface area (Å²) in [6.07, 6.45) is 0.284. The van der Waals surface area contributed by atoms with Crippen molar-refractivity contribution in [1.82, 2.24) is 20.1 Å². The molecule has 0 unspecified atom stereocenters. The van der Waals surface area contributed by atoms with Crippen LogP contribution in [0.3, 0.4) is 0 Å². The molecule has 7 heteroatoms. The highest BCUT2D eigenvalue weighted by molar-refractivity contribution is 5.95. The number of hydrogen-bond acceptors (Lipinski definition) is 5. The summed E-state index contributed by atoms with van der Waals surface area (Å²) in [4.78, 5) is 17.3. The molecule has 4 rings (SSSR count). The molecule has 4 aromatic rings. The van der Waals surface area contributed by atoms with Crippen molar-refractivity contribution in [2.45, 2.75) is 33.4 Å². The number of para-hydroxylation sites is 2. The van der Waals surface area contributed by atoms with Crippen LogP contribution in [0.4, 0.5) is 0 Å². The summed E-state index contributed by atoms with van der Waals surface area (Å²) in [5.74, 6) is 1.44. The van der Waals surface area contributed by atoms with E-state index in [1.54, 1.807) is 14.2 Å². The first-order chi connectivity index (χ1) is 16.0. The average molecular weight is 445 g/mol. The van der Waals surface area contributed by atoms with Gasteiger partial charge in [0, 0.05) is 29.8 Å². The van der Waals surface area contributed by atoms with Crippen molar-refractivity contribution in [1.29, 1.82) is 0 Å². The Morgan fingerprint density at radius 3 is 2.45 bits per heavy atom. The number of nitrogens with zero attached hydrogens (tertiary/aromatic N) is 3. The minimum absolute atomic E-state index is 0.0622. The molecular formula is C26H28N4O3. The van der Waals surface area contributed by atoms with E-state index < -0.39 is 0 Å². The lowest BCUT2D eigenvalue weighted by Crippen LogP contribution is -2.24. The number of rotatable bonds is 8. The van der Waals surface area contributed by atoms with Crippen LogP contribution >= 0.6 is 0 Å². The maximum absolute atomic E-state index is 12.6. The van der Waals surface area contributed by atoms with Gasteiger partial charge in [0.1, 0.15) is 17.2 Å². The summed E-state index contributed by atoms with van der Waals surface area (Å²) >= 11 is 0. The van der Waals surface area contributed by atoms with Crippen LogP contribution in [0.15, 0.2) is 54.6 Å². The number of pyridine rings is 1. The molecule has 0 bridgehead atoms. The van der Waals surface area contributed by atoms with E-state index in [-0.39, 0.29) is 12.3 Å². The van der Waals surface area contributed by atoms with Gasteiger partial charge in [-0.1, -0.05) is 30.3 Å². The number of methoxy groups -OCH3 is 2. The SMILES string of the molecule is COc1ccccc1CNC(=O)CCn1nc(-c2ccccc2OC)c2c(C)cc(C)nc21. The Bertz CT molecular complexity index is 1300. The third kappa shape index (κ3) is 4.67. The van der Waals surface area contributed by atoms with Gasteiger partial charge in [0.05, 0.1) is 26.2 Å². The Kier molecular flexibility index (Phi) is 6.58. The van der Waals surface area contributed by atoms with Crippen LogP contribution in [-0.4, -0.2) is 34.9 Å². The predicted octanol–water partition coefficient (Wildman–Crippen LogP) is 4.44.